The van der Waals surface area contributed by atoms with Crippen molar-refractivity contribution in [2.75, 3.05) is 12.4 Å². The van der Waals surface area contributed by atoms with Crippen LogP contribution < -0.4 is 5.32 Å². The zero-order chi connectivity index (χ0) is 25.1. The maximum Gasteiger partial charge on any atom is 0.446 e. The second-order valence-corrected chi connectivity index (χ2v) is 7.90. The predicted molar refractivity (Wildman–Crippen MR) is 108 cm³/mol. The average molecular weight is 531 g/mol. The van der Waals surface area contributed by atoms with Gasteiger partial charge in [0.1, 0.15) is 17.9 Å². The zero-order valence-electron chi connectivity index (χ0n) is 16.1. The molecule has 2 rings (SSSR count). The van der Waals surface area contributed by atoms with Crippen molar-refractivity contribution in [2.24, 2.45) is 0 Å². The van der Waals surface area contributed by atoms with E-state index < -0.39 is 73.2 Å². The smallest absolute Gasteiger partial charge is 0.371 e. The third-order valence-electron chi connectivity index (χ3n) is 3.84. The van der Waals surface area contributed by atoms with Crippen LogP contribution in [0.4, 0.5) is 32.2 Å². The number of carbonyl (C=O) groups excluding carboxylic acids is 1. The fraction of sp³-hybridized carbons (Fsp3) is 0.278. The van der Waals surface area contributed by atoms with Crippen LogP contribution in [0.1, 0.15) is 17.7 Å². The predicted octanol–water partition coefficient (Wildman–Crippen LogP) is 5.66. The molecule has 1 N–H and O–H groups in total. The van der Waals surface area contributed by atoms with E-state index in [9.17, 15) is 36.4 Å². The van der Waals surface area contributed by atoms with Gasteiger partial charge in [0.15, 0.2) is 11.5 Å². The SMILES string of the molecule is C#CCC(OC)C(=O)Nc1c(SC(F)(F)F)c(C#N)nn1-c1c(Cl)cc(C(F)(F)F)cc1Cl. The van der Waals surface area contributed by atoms with Gasteiger partial charge in [-0.2, -0.15) is 36.7 Å². The van der Waals surface area contributed by atoms with Crippen molar-refractivity contribution < 1.29 is 35.9 Å². The van der Waals surface area contributed by atoms with E-state index in [1.165, 1.54) is 6.07 Å². The van der Waals surface area contributed by atoms with Crippen LogP contribution in [-0.4, -0.2) is 34.4 Å². The first-order chi connectivity index (χ1) is 15.2. The van der Waals surface area contributed by atoms with Crippen LogP contribution in [0.25, 0.3) is 5.69 Å². The first-order valence-electron chi connectivity index (χ1n) is 8.36. The van der Waals surface area contributed by atoms with Crippen LogP contribution in [0, 0.1) is 23.7 Å². The van der Waals surface area contributed by atoms with E-state index in [2.05, 4.69) is 16.3 Å². The summed E-state index contributed by atoms with van der Waals surface area (Å²) in [6.45, 7) is 0. The minimum Gasteiger partial charge on any atom is -0.371 e. The lowest BCUT2D eigenvalue weighted by molar-refractivity contribution is -0.137. The highest BCUT2D eigenvalue weighted by Crippen LogP contribution is 2.45. The lowest BCUT2D eigenvalue weighted by atomic mass is 10.2. The van der Waals surface area contributed by atoms with Crippen molar-refractivity contribution >= 4 is 46.7 Å². The van der Waals surface area contributed by atoms with Crippen molar-refractivity contribution in [3.8, 4) is 24.1 Å². The zero-order valence-corrected chi connectivity index (χ0v) is 18.4. The number of halogens is 8. The molecule has 33 heavy (non-hydrogen) atoms. The Morgan fingerprint density at radius 2 is 1.88 bits per heavy atom. The highest BCUT2D eigenvalue weighted by Gasteiger charge is 2.37. The highest BCUT2D eigenvalue weighted by molar-refractivity contribution is 8.00. The molecule has 1 amide bonds. The molecule has 1 aromatic heterocycles. The van der Waals surface area contributed by atoms with E-state index in [4.69, 9.17) is 34.4 Å². The molecular weight excluding hydrogens is 521 g/mol. The van der Waals surface area contributed by atoms with Gasteiger partial charge in [0, 0.05) is 13.5 Å². The molecule has 1 unspecified atom stereocenters. The van der Waals surface area contributed by atoms with Gasteiger partial charge >= 0.3 is 11.7 Å². The van der Waals surface area contributed by atoms with Gasteiger partial charge in [-0.1, -0.05) is 23.2 Å². The first kappa shape index (κ1) is 26.7. The average Bonchev–Trinajstić information content (AvgIpc) is 3.00. The molecule has 0 aliphatic rings. The number of thioether (sulfide) groups is 1. The van der Waals surface area contributed by atoms with Crippen LogP contribution in [0.2, 0.25) is 10.0 Å². The number of methoxy groups -OCH3 is 1. The van der Waals surface area contributed by atoms with Crippen LogP contribution in [-0.2, 0) is 15.7 Å². The van der Waals surface area contributed by atoms with Crippen molar-refractivity contribution in [3.63, 3.8) is 0 Å². The molecule has 0 bridgehead atoms. The number of nitrogens with zero attached hydrogens (tertiary/aromatic N) is 3. The van der Waals surface area contributed by atoms with Crippen LogP contribution >= 0.6 is 35.0 Å². The topological polar surface area (TPSA) is 79.9 Å². The molecule has 6 nitrogen and oxygen atoms in total. The van der Waals surface area contributed by atoms with Gasteiger partial charge in [-0.15, -0.1) is 12.3 Å². The Labute approximate surface area is 196 Å². The Kier molecular flexibility index (Phi) is 8.19. The van der Waals surface area contributed by atoms with Crippen LogP contribution in [0.3, 0.4) is 0 Å². The van der Waals surface area contributed by atoms with E-state index in [0.29, 0.717) is 16.8 Å². The molecule has 0 saturated heterocycles. The molecular formula is C18H10Cl2F6N4O2S. The Morgan fingerprint density at radius 3 is 2.30 bits per heavy atom. The third-order valence-corrected chi connectivity index (χ3v) is 5.24. The van der Waals surface area contributed by atoms with Crippen molar-refractivity contribution in [1.29, 1.82) is 5.26 Å². The Bertz CT molecular complexity index is 1130. The third kappa shape index (κ3) is 6.26. The number of nitriles is 1. The number of hydrogen-bond donors (Lipinski definition) is 1. The second-order valence-electron chi connectivity index (χ2n) is 6.01. The van der Waals surface area contributed by atoms with E-state index >= 15 is 0 Å². The molecule has 0 spiro atoms. The minimum absolute atomic E-state index is 0.259. The molecule has 15 heteroatoms. The van der Waals surface area contributed by atoms with Crippen molar-refractivity contribution in [2.45, 2.75) is 29.1 Å². The molecule has 0 radical (unpaired) electrons. The molecule has 2 aromatic rings. The number of rotatable bonds is 6. The number of amides is 1. The monoisotopic (exact) mass is 530 g/mol. The summed E-state index contributed by atoms with van der Waals surface area (Å²) in [6.07, 6.45) is -1.25. The first-order valence-corrected chi connectivity index (χ1v) is 9.93. The summed E-state index contributed by atoms with van der Waals surface area (Å²) in [5.41, 5.74) is -7.46. The lowest BCUT2D eigenvalue weighted by Crippen LogP contribution is -2.30. The van der Waals surface area contributed by atoms with E-state index in [-0.39, 0.29) is 6.42 Å². The number of alkyl halides is 6. The van der Waals surface area contributed by atoms with E-state index in [0.717, 1.165) is 7.11 Å². The summed E-state index contributed by atoms with van der Waals surface area (Å²) in [6, 6.07) is 2.37. The largest absolute Gasteiger partial charge is 0.446 e. The molecule has 0 saturated carbocycles. The number of nitrogens with one attached hydrogen (secondary N) is 1. The number of terminal acetylenes is 1. The summed E-state index contributed by atoms with van der Waals surface area (Å²) in [5.74, 6) is 0.414. The Balaban J connectivity index is 2.77. The van der Waals surface area contributed by atoms with Gasteiger partial charge in [0.2, 0.25) is 0 Å². The fourth-order valence-corrected chi connectivity index (χ4v) is 3.78. The van der Waals surface area contributed by atoms with Gasteiger partial charge in [-0.05, 0) is 23.9 Å². The number of hydrogen-bond acceptors (Lipinski definition) is 5. The van der Waals surface area contributed by atoms with Crippen molar-refractivity contribution in [3.05, 3.63) is 33.4 Å². The number of carbonyl (C=O) groups is 1. The fourth-order valence-electron chi connectivity index (χ4n) is 2.48. The summed E-state index contributed by atoms with van der Waals surface area (Å²) >= 11 is 11.1. The molecule has 0 fully saturated rings. The maximum atomic E-state index is 13.2. The van der Waals surface area contributed by atoms with Gasteiger partial charge in [-0.25, -0.2) is 4.68 Å². The maximum absolute atomic E-state index is 13.2. The van der Waals surface area contributed by atoms with Gasteiger partial charge in [0.05, 0.1) is 20.5 Å². The lowest BCUT2D eigenvalue weighted by Gasteiger charge is -2.17. The van der Waals surface area contributed by atoms with Gasteiger partial charge in [-0.3, -0.25) is 4.79 Å². The standard InChI is InChI=1S/C18H10Cl2F6N4O2S/c1-3-4-12(32-2)16(31)28-15-14(33-18(24,25)26)11(7-27)29-30(15)13-9(19)5-8(6-10(13)20)17(21,22)23/h1,5-6,12H,4H2,2H3,(H,28,31). The van der Waals surface area contributed by atoms with Gasteiger partial charge in [0.25, 0.3) is 5.91 Å². The number of aromatic nitrogens is 2. The summed E-state index contributed by atoms with van der Waals surface area (Å²) in [5, 5.41) is 13.7. The number of ether oxygens (including phenoxy) is 1. The Morgan fingerprint density at radius 1 is 1.30 bits per heavy atom. The normalized spacial score (nSPS) is 12.7. The van der Waals surface area contributed by atoms with Crippen LogP contribution in [0.15, 0.2) is 17.0 Å². The number of benzene rings is 1. The quantitative estimate of drug-likeness (QED) is 0.296. The molecule has 1 aromatic carbocycles. The summed E-state index contributed by atoms with van der Waals surface area (Å²) < 4.78 is 84.0. The molecule has 1 atom stereocenters. The Hall–Kier alpha value is -2.58. The van der Waals surface area contributed by atoms with Gasteiger partial charge < -0.3 is 10.1 Å². The second kappa shape index (κ2) is 10.1. The molecule has 0 aliphatic heterocycles. The molecule has 176 valence electrons. The van der Waals surface area contributed by atoms with Crippen LogP contribution in [0.5, 0.6) is 0 Å². The molecule has 0 aliphatic carbocycles. The van der Waals surface area contributed by atoms with Crippen molar-refractivity contribution in [1.82, 2.24) is 9.78 Å². The van der Waals surface area contributed by atoms with E-state index in [1.807, 2.05) is 0 Å². The molecule has 1 heterocycles. The minimum atomic E-state index is -4.92. The summed E-state index contributed by atoms with van der Waals surface area (Å²) in [4.78, 5) is 11.7. The number of anilines is 1. The highest BCUT2D eigenvalue weighted by atomic mass is 35.5. The van der Waals surface area contributed by atoms with E-state index in [1.54, 1.807) is 0 Å². The summed E-state index contributed by atoms with van der Waals surface area (Å²) in [7, 11) is 1.12.